The van der Waals surface area contributed by atoms with Crippen molar-refractivity contribution in [3.8, 4) is 5.75 Å². The molecule has 0 bridgehead atoms. The average Bonchev–Trinajstić information content (AvgIpc) is 2.68. The molecular weight excluding hydrogens is 399 g/mol. The topological polar surface area (TPSA) is 70.7 Å². The van der Waals surface area contributed by atoms with Gasteiger partial charge in [0.2, 0.25) is 11.8 Å². The summed E-state index contributed by atoms with van der Waals surface area (Å²) in [6.45, 7) is 2.24. The lowest BCUT2D eigenvalue weighted by atomic mass is 9.97. The number of ether oxygens (including phenoxy) is 1. The number of amides is 2. The van der Waals surface area contributed by atoms with E-state index in [2.05, 4.69) is 21.4 Å². The van der Waals surface area contributed by atoms with Gasteiger partial charge in [-0.3, -0.25) is 14.5 Å². The molecule has 0 saturated heterocycles. The summed E-state index contributed by atoms with van der Waals surface area (Å²) in [6.07, 6.45) is 2.95. The van der Waals surface area contributed by atoms with Gasteiger partial charge in [-0.25, -0.2) is 0 Å². The van der Waals surface area contributed by atoms with Gasteiger partial charge in [-0.2, -0.15) is 0 Å². The maximum absolute atomic E-state index is 12.3. The number of nitrogens with zero attached hydrogens (tertiary/aromatic N) is 1. The molecule has 0 fully saturated rings. The summed E-state index contributed by atoms with van der Waals surface area (Å²) in [7, 11) is 1.66. The zero-order chi connectivity index (χ0) is 22.1. The Kier molecular flexibility index (Phi) is 8.71. The fourth-order valence-corrected chi connectivity index (χ4v) is 3.13. The monoisotopic (exact) mass is 427 g/mol. The Bertz CT molecular complexity index is 748. The summed E-state index contributed by atoms with van der Waals surface area (Å²) in [5.74, 6) is -0.906. The summed E-state index contributed by atoms with van der Waals surface area (Å²) in [6, 6.07) is 4.36. The summed E-state index contributed by atoms with van der Waals surface area (Å²) in [4.78, 5) is 26.1. The van der Waals surface area contributed by atoms with Gasteiger partial charge in [-0.05, 0) is 70.3 Å². The Morgan fingerprint density at radius 1 is 1.20 bits per heavy atom. The van der Waals surface area contributed by atoms with E-state index < -0.39 is 12.4 Å². The number of carbonyl (C=O) groups is 2. The van der Waals surface area contributed by atoms with E-state index in [1.54, 1.807) is 18.9 Å². The van der Waals surface area contributed by atoms with Crippen LogP contribution in [0, 0.1) is 0 Å². The van der Waals surface area contributed by atoms with Gasteiger partial charge >= 0.3 is 6.36 Å². The Morgan fingerprint density at radius 3 is 2.50 bits per heavy atom. The Hall–Kier alpha value is -2.55. The lowest BCUT2D eigenvalue weighted by Crippen LogP contribution is -2.46. The van der Waals surface area contributed by atoms with Crippen molar-refractivity contribution < 1.29 is 27.5 Å². The van der Waals surface area contributed by atoms with Crippen LogP contribution in [0.25, 0.3) is 0 Å². The first-order chi connectivity index (χ1) is 14.1. The molecular formula is C21H28F3N3O3. The molecule has 9 heteroatoms. The normalized spacial score (nSPS) is 15.3. The minimum absolute atomic E-state index is 0.0411. The van der Waals surface area contributed by atoms with Crippen molar-refractivity contribution in [3.63, 3.8) is 0 Å². The quantitative estimate of drug-likeness (QED) is 0.588. The van der Waals surface area contributed by atoms with Crippen LogP contribution in [-0.2, 0) is 9.59 Å². The SMILES string of the molecule is C[C@H](C(=O)NCCC1=CCCCC1)N(C)CC(=O)Nc1ccc(OC(F)(F)F)cc1. The van der Waals surface area contributed by atoms with Crippen LogP contribution in [0.15, 0.2) is 35.9 Å². The van der Waals surface area contributed by atoms with Crippen molar-refractivity contribution in [1.29, 1.82) is 0 Å². The summed E-state index contributed by atoms with van der Waals surface area (Å²) < 4.78 is 40.3. The van der Waals surface area contributed by atoms with Crippen LogP contribution < -0.4 is 15.4 Å². The summed E-state index contributed by atoms with van der Waals surface area (Å²) >= 11 is 0. The molecule has 1 aliphatic rings. The molecule has 166 valence electrons. The second-order valence-electron chi connectivity index (χ2n) is 7.36. The maximum atomic E-state index is 12.3. The zero-order valence-electron chi connectivity index (χ0n) is 17.2. The predicted octanol–water partition coefficient (Wildman–Crippen LogP) is 3.85. The first kappa shape index (κ1) is 23.7. The second-order valence-corrected chi connectivity index (χ2v) is 7.36. The van der Waals surface area contributed by atoms with Gasteiger partial charge in [0.05, 0.1) is 12.6 Å². The number of allylic oxidation sites excluding steroid dienone is 1. The minimum Gasteiger partial charge on any atom is -0.406 e. The molecule has 30 heavy (non-hydrogen) atoms. The molecule has 0 radical (unpaired) electrons. The highest BCUT2D eigenvalue weighted by Crippen LogP contribution is 2.24. The largest absolute Gasteiger partial charge is 0.573 e. The number of benzene rings is 1. The fraction of sp³-hybridized carbons (Fsp3) is 0.524. The number of hydrogen-bond donors (Lipinski definition) is 2. The Morgan fingerprint density at radius 2 is 1.90 bits per heavy atom. The first-order valence-electron chi connectivity index (χ1n) is 9.95. The van der Waals surface area contributed by atoms with Gasteiger partial charge in [0, 0.05) is 12.2 Å². The molecule has 1 atom stereocenters. The first-order valence-corrected chi connectivity index (χ1v) is 9.95. The van der Waals surface area contributed by atoms with Crippen molar-refractivity contribution in [2.45, 2.75) is 51.4 Å². The van der Waals surface area contributed by atoms with Crippen molar-refractivity contribution in [3.05, 3.63) is 35.9 Å². The maximum Gasteiger partial charge on any atom is 0.573 e. The summed E-state index contributed by atoms with van der Waals surface area (Å²) in [5, 5.41) is 5.49. The number of likely N-dealkylation sites (N-methyl/N-ethyl adjacent to an activating group) is 1. The number of rotatable bonds is 9. The number of carbonyl (C=O) groups excluding carboxylic acids is 2. The minimum atomic E-state index is -4.77. The van der Waals surface area contributed by atoms with Gasteiger partial charge in [0.25, 0.3) is 0 Å². The molecule has 0 aromatic heterocycles. The van der Waals surface area contributed by atoms with Gasteiger partial charge < -0.3 is 15.4 Å². The number of halogens is 3. The fourth-order valence-electron chi connectivity index (χ4n) is 3.13. The summed E-state index contributed by atoms with van der Waals surface area (Å²) in [5.41, 5.74) is 1.72. The van der Waals surface area contributed by atoms with Crippen molar-refractivity contribution >= 4 is 17.5 Å². The van der Waals surface area contributed by atoms with Crippen LogP contribution in [0.1, 0.15) is 39.0 Å². The third-order valence-electron chi connectivity index (χ3n) is 4.94. The van der Waals surface area contributed by atoms with Crippen molar-refractivity contribution in [2.75, 3.05) is 25.5 Å². The molecule has 2 rings (SSSR count). The van der Waals surface area contributed by atoms with E-state index >= 15 is 0 Å². The molecule has 1 aromatic carbocycles. The number of nitrogens with one attached hydrogen (secondary N) is 2. The van der Waals surface area contributed by atoms with E-state index in [1.807, 2.05) is 0 Å². The van der Waals surface area contributed by atoms with E-state index in [1.165, 1.54) is 30.5 Å². The highest BCUT2D eigenvalue weighted by molar-refractivity contribution is 5.92. The van der Waals surface area contributed by atoms with Gasteiger partial charge in [0.1, 0.15) is 5.75 Å². The standard InChI is InChI=1S/C21H28F3N3O3/c1-15(20(29)25-13-12-16-6-4-3-5-7-16)27(2)14-19(28)26-17-8-10-18(11-9-17)30-21(22,23)24/h6,8-11,15H,3-5,7,12-14H2,1-2H3,(H,25,29)(H,26,28)/t15-/m1/s1. The third kappa shape index (κ3) is 8.44. The molecule has 1 aromatic rings. The van der Waals surface area contributed by atoms with Crippen LogP contribution in [0.2, 0.25) is 0 Å². The van der Waals surface area contributed by atoms with Crippen LogP contribution in [0.4, 0.5) is 18.9 Å². The highest BCUT2D eigenvalue weighted by Gasteiger charge is 2.31. The van der Waals surface area contributed by atoms with E-state index in [0.717, 1.165) is 31.4 Å². The molecule has 2 N–H and O–H groups in total. The number of hydrogen-bond acceptors (Lipinski definition) is 4. The lowest BCUT2D eigenvalue weighted by molar-refractivity contribution is -0.274. The Balaban J connectivity index is 1.74. The van der Waals surface area contributed by atoms with E-state index in [0.29, 0.717) is 12.2 Å². The zero-order valence-corrected chi connectivity index (χ0v) is 17.2. The van der Waals surface area contributed by atoms with Gasteiger partial charge in [-0.1, -0.05) is 11.6 Å². The molecule has 2 amide bonds. The molecule has 0 heterocycles. The number of alkyl halides is 3. The van der Waals surface area contributed by atoms with E-state index in [-0.39, 0.29) is 24.1 Å². The van der Waals surface area contributed by atoms with Crippen LogP contribution in [0.3, 0.4) is 0 Å². The van der Waals surface area contributed by atoms with Crippen LogP contribution in [-0.4, -0.2) is 49.3 Å². The molecule has 6 nitrogen and oxygen atoms in total. The molecule has 0 saturated carbocycles. The third-order valence-corrected chi connectivity index (χ3v) is 4.94. The highest BCUT2D eigenvalue weighted by atomic mass is 19.4. The van der Waals surface area contributed by atoms with Gasteiger partial charge in [-0.15, -0.1) is 13.2 Å². The van der Waals surface area contributed by atoms with Gasteiger partial charge in [0.15, 0.2) is 0 Å². The lowest BCUT2D eigenvalue weighted by Gasteiger charge is -2.23. The molecule has 0 spiro atoms. The molecule has 0 unspecified atom stereocenters. The molecule has 0 aliphatic heterocycles. The average molecular weight is 427 g/mol. The van der Waals surface area contributed by atoms with E-state index in [9.17, 15) is 22.8 Å². The second kappa shape index (κ2) is 11.0. The van der Waals surface area contributed by atoms with E-state index in [4.69, 9.17) is 0 Å². The smallest absolute Gasteiger partial charge is 0.406 e. The van der Waals surface area contributed by atoms with Crippen molar-refractivity contribution in [2.24, 2.45) is 0 Å². The predicted molar refractivity (Wildman–Crippen MR) is 108 cm³/mol. The van der Waals surface area contributed by atoms with Crippen molar-refractivity contribution in [1.82, 2.24) is 10.2 Å². The van der Waals surface area contributed by atoms with Crippen LogP contribution >= 0.6 is 0 Å². The number of anilines is 1. The Labute approximate surface area is 174 Å². The van der Waals surface area contributed by atoms with Crippen LogP contribution in [0.5, 0.6) is 5.75 Å². The molecule has 1 aliphatic carbocycles.